The molecular formula is C10H20N4O3. The van der Waals surface area contributed by atoms with Crippen LogP contribution in [0.4, 0.5) is 0 Å². The molecule has 0 aromatic rings. The first-order chi connectivity index (χ1) is 7.79. The molecule has 2 amide bonds. The van der Waals surface area contributed by atoms with Crippen LogP contribution in [0.15, 0.2) is 5.16 Å². The molecule has 0 heterocycles. The minimum absolute atomic E-state index is 0.00310. The van der Waals surface area contributed by atoms with Crippen molar-refractivity contribution in [3.8, 4) is 0 Å². The number of hydrogen-bond acceptors (Lipinski definition) is 4. The van der Waals surface area contributed by atoms with Crippen LogP contribution in [-0.4, -0.2) is 34.9 Å². The Balaban J connectivity index is 4.34. The molecule has 2 unspecified atom stereocenters. The molecule has 0 spiro atoms. The topological polar surface area (TPSA) is 117 Å². The van der Waals surface area contributed by atoms with Gasteiger partial charge in [-0.05, 0) is 27.7 Å². The van der Waals surface area contributed by atoms with E-state index in [0.717, 1.165) is 0 Å². The van der Waals surface area contributed by atoms with Crippen LogP contribution in [0.1, 0.15) is 27.7 Å². The molecule has 7 nitrogen and oxygen atoms in total. The fourth-order valence-electron chi connectivity index (χ4n) is 1.03. The van der Waals surface area contributed by atoms with Gasteiger partial charge >= 0.3 is 0 Å². The first-order valence-electron chi connectivity index (χ1n) is 5.37. The lowest BCUT2D eigenvalue weighted by atomic mass is 10.1. The molecule has 17 heavy (non-hydrogen) atoms. The molecule has 0 aromatic carbocycles. The average Bonchev–Trinajstić information content (AvgIpc) is 2.25. The summed E-state index contributed by atoms with van der Waals surface area (Å²) in [7, 11) is 0. The van der Waals surface area contributed by atoms with Gasteiger partial charge < -0.3 is 21.6 Å². The molecule has 5 N–H and O–H groups in total. The number of nitrogens with one attached hydrogen (secondary N) is 2. The highest BCUT2D eigenvalue weighted by atomic mass is 16.4. The largest absolute Gasteiger partial charge is 0.409 e. The Morgan fingerprint density at radius 2 is 1.65 bits per heavy atom. The molecule has 2 atom stereocenters. The summed E-state index contributed by atoms with van der Waals surface area (Å²) < 4.78 is 0. The van der Waals surface area contributed by atoms with Crippen molar-refractivity contribution >= 4 is 17.6 Å². The van der Waals surface area contributed by atoms with Gasteiger partial charge in [0.15, 0.2) is 5.84 Å². The van der Waals surface area contributed by atoms with Gasteiger partial charge in [-0.15, -0.1) is 0 Å². The maximum absolute atomic E-state index is 11.6. The number of nitrogens with two attached hydrogens (primary N) is 1. The molecule has 0 fully saturated rings. The molecule has 7 heteroatoms. The number of carbonyl (C=O) groups excluding carboxylic acids is 2. The number of oxime groups is 1. The maximum Gasteiger partial charge on any atom is 0.242 e. The Hall–Kier alpha value is -1.79. The van der Waals surface area contributed by atoms with Gasteiger partial charge in [0.05, 0.1) is 5.92 Å². The minimum atomic E-state index is -0.783. The number of rotatable bonds is 5. The highest BCUT2D eigenvalue weighted by Crippen LogP contribution is 1.96. The molecule has 0 aromatic heterocycles. The van der Waals surface area contributed by atoms with E-state index in [2.05, 4.69) is 15.8 Å². The van der Waals surface area contributed by atoms with Crippen LogP contribution in [-0.2, 0) is 9.59 Å². The zero-order chi connectivity index (χ0) is 13.6. The number of carbonyl (C=O) groups is 2. The van der Waals surface area contributed by atoms with Crippen molar-refractivity contribution in [3.63, 3.8) is 0 Å². The van der Waals surface area contributed by atoms with Crippen LogP contribution in [0.3, 0.4) is 0 Å². The van der Waals surface area contributed by atoms with E-state index in [9.17, 15) is 9.59 Å². The Morgan fingerprint density at radius 1 is 1.12 bits per heavy atom. The van der Waals surface area contributed by atoms with Crippen LogP contribution in [0.25, 0.3) is 0 Å². The predicted molar refractivity (Wildman–Crippen MR) is 63.5 cm³/mol. The molecule has 0 saturated heterocycles. The van der Waals surface area contributed by atoms with E-state index in [-0.39, 0.29) is 17.8 Å². The summed E-state index contributed by atoms with van der Waals surface area (Å²) in [5.74, 6) is -1.72. The first kappa shape index (κ1) is 15.2. The number of amidine groups is 1. The number of nitrogens with zero attached hydrogens (tertiary/aromatic N) is 1. The van der Waals surface area contributed by atoms with Crippen molar-refractivity contribution in [3.05, 3.63) is 0 Å². The van der Waals surface area contributed by atoms with Crippen LogP contribution >= 0.6 is 0 Å². The first-order valence-corrected chi connectivity index (χ1v) is 5.37. The van der Waals surface area contributed by atoms with Crippen molar-refractivity contribution in [2.24, 2.45) is 16.8 Å². The van der Waals surface area contributed by atoms with Crippen LogP contribution < -0.4 is 16.4 Å². The number of amides is 2. The summed E-state index contributed by atoms with van der Waals surface area (Å²) in [6, 6.07) is -0.665. The molecule has 0 rings (SSSR count). The van der Waals surface area contributed by atoms with Crippen molar-refractivity contribution in [2.45, 2.75) is 39.8 Å². The second-order valence-electron chi connectivity index (χ2n) is 4.14. The van der Waals surface area contributed by atoms with E-state index in [1.165, 1.54) is 6.92 Å². The molecule has 0 radical (unpaired) electrons. The summed E-state index contributed by atoms with van der Waals surface area (Å²) in [5, 5.41) is 16.3. The van der Waals surface area contributed by atoms with Gasteiger partial charge in [-0.2, -0.15) is 0 Å². The highest BCUT2D eigenvalue weighted by Gasteiger charge is 2.22. The van der Waals surface area contributed by atoms with Crippen LogP contribution in [0.2, 0.25) is 0 Å². The van der Waals surface area contributed by atoms with Gasteiger partial charge in [0.2, 0.25) is 11.8 Å². The Kier molecular flexibility index (Phi) is 6.01. The lowest BCUT2D eigenvalue weighted by Crippen LogP contribution is -2.49. The zero-order valence-corrected chi connectivity index (χ0v) is 10.5. The van der Waals surface area contributed by atoms with E-state index >= 15 is 0 Å². The Labute approximate surface area is 100 Å². The second kappa shape index (κ2) is 6.72. The summed E-state index contributed by atoms with van der Waals surface area (Å²) >= 11 is 0. The summed E-state index contributed by atoms with van der Waals surface area (Å²) in [6.07, 6.45) is 0. The van der Waals surface area contributed by atoms with Crippen LogP contribution in [0, 0.1) is 5.92 Å². The van der Waals surface area contributed by atoms with Gasteiger partial charge in [-0.1, -0.05) is 5.16 Å². The highest BCUT2D eigenvalue weighted by molar-refractivity contribution is 6.02. The predicted octanol–water partition coefficient (Wildman–Crippen LogP) is -0.602. The van der Waals surface area contributed by atoms with E-state index in [1.807, 2.05) is 13.8 Å². The third-order valence-corrected chi connectivity index (χ3v) is 2.14. The molecule has 0 bridgehead atoms. The van der Waals surface area contributed by atoms with Crippen molar-refractivity contribution in [1.29, 1.82) is 0 Å². The molecule has 0 saturated carbocycles. The van der Waals surface area contributed by atoms with E-state index in [0.29, 0.717) is 0 Å². The normalized spacial score (nSPS) is 15.2. The second-order valence-corrected chi connectivity index (χ2v) is 4.14. The summed E-state index contributed by atoms with van der Waals surface area (Å²) in [4.78, 5) is 23.1. The molecular weight excluding hydrogens is 224 g/mol. The molecule has 0 aliphatic carbocycles. The monoisotopic (exact) mass is 244 g/mol. The molecule has 0 aliphatic rings. The third kappa shape index (κ3) is 5.19. The molecule has 0 aliphatic heterocycles. The SMILES string of the molecule is CC(C)NC(=O)C(C)NC(=O)C(C)C(N)=NO. The lowest BCUT2D eigenvalue weighted by Gasteiger charge is -2.18. The summed E-state index contributed by atoms with van der Waals surface area (Å²) in [5.41, 5.74) is 5.29. The van der Waals surface area contributed by atoms with Gasteiger partial charge in [-0.25, -0.2) is 0 Å². The number of hydrogen-bond donors (Lipinski definition) is 4. The fourth-order valence-corrected chi connectivity index (χ4v) is 1.03. The van der Waals surface area contributed by atoms with Crippen molar-refractivity contribution in [2.75, 3.05) is 0 Å². The Bertz CT molecular complexity index is 315. The molecule has 98 valence electrons. The van der Waals surface area contributed by atoms with Gasteiger partial charge in [-0.3, -0.25) is 9.59 Å². The van der Waals surface area contributed by atoms with E-state index in [4.69, 9.17) is 10.9 Å². The zero-order valence-electron chi connectivity index (χ0n) is 10.5. The van der Waals surface area contributed by atoms with Gasteiger partial charge in [0, 0.05) is 6.04 Å². The van der Waals surface area contributed by atoms with Crippen molar-refractivity contribution in [1.82, 2.24) is 10.6 Å². The lowest BCUT2D eigenvalue weighted by molar-refractivity contribution is -0.129. The standard InChI is InChI=1S/C10H20N4O3/c1-5(2)12-10(16)7(4)13-9(15)6(3)8(11)14-17/h5-7,17H,1-4H3,(H2,11,14)(H,12,16)(H,13,15). The van der Waals surface area contributed by atoms with Crippen LogP contribution in [0.5, 0.6) is 0 Å². The summed E-state index contributed by atoms with van der Waals surface area (Å²) in [6.45, 7) is 6.70. The average molecular weight is 244 g/mol. The van der Waals surface area contributed by atoms with Crippen molar-refractivity contribution < 1.29 is 14.8 Å². The maximum atomic E-state index is 11.6. The minimum Gasteiger partial charge on any atom is -0.409 e. The quantitative estimate of drug-likeness (QED) is 0.223. The smallest absolute Gasteiger partial charge is 0.242 e. The Morgan fingerprint density at radius 3 is 2.06 bits per heavy atom. The van der Waals surface area contributed by atoms with Gasteiger partial charge in [0.25, 0.3) is 0 Å². The third-order valence-electron chi connectivity index (χ3n) is 2.14. The fraction of sp³-hybridized carbons (Fsp3) is 0.700. The van der Waals surface area contributed by atoms with E-state index < -0.39 is 17.9 Å². The van der Waals surface area contributed by atoms with E-state index in [1.54, 1.807) is 6.92 Å². The van der Waals surface area contributed by atoms with Gasteiger partial charge in [0.1, 0.15) is 6.04 Å².